The first kappa shape index (κ1) is 21.5. The van der Waals surface area contributed by atoms with Gasteiger partial charge >= 0.3 is 6.09 Å². The topological polar surface area (TPSA) is 58.6 Å². The van der Waals surface area contributed by atoms with E-state index in [1.807, 2.05) is 43.3 Å². The standard InChI is InChI=1S/C22H25ClN2O3S/c1-5-13-25-18-12-11-15(23)14-17(18)22(19(25)26,24-20(27)28-21(2,3)4)29-16-9-7-6-8-10-16/h6-12,14H,5,13H2,1-4H3,(H,24,27). The summed E-state index contributed by atoms with van der Waals surface area (Å²) in [7, 11) is 0. The maximum absolute atomic E-state index is 13.7. The molecule has 1 atom stereocenters. The molecule has 0 fully saturated rings. The summed E-state index contributed by atoms with van der Waals surface area (Å²) in [6, 6.07) is 14.8. The number of fused-ring (bicyclic) bond motifs is 1. The number of rotatable bonds is 5. The predicted molar refractivity (Wildman–Crippen MR) is 117 cm³/mol. The Morgan fingerprint density at radius 3 is 2.52 bits per heavy atom. The summed E-state index contributed by atoms with van der Waals surface area (Å²) >= 11 is 7.57. The van der Waals surface area contributed by atoms with Gasteiger partial charge in [-0.15, -0.1) is 0 Å². The largest absolute Gasteiger partial charge is 0.444 e. The summed E-state index contributed by atoms with van der Waals surface area (Å²) in [4.78, 5) is 27.6. The van der Waals surface area contributed by atoms with Gasteiger partial charge < -0.3 is 9.64 Å². The molecule has 2 aromatic rings. The SMILES string of the molecule is CCCN1C(=O)C(NC(=O)OC(C)(C)C)(Sc2ccccc2)c2cc(Cl)ccc21. The summed E-state index contributed by atoms with van der Waals surface area (Å²) in [5, 5.41) is 3.37. The van der Waals surface area contributed by atoms with Crippen molar-refractivity contribution >= 4 is 41.1 Å². The van der Waals surface area contributed by atoms with E-state index in [0.29, 0.717) is 17.1 Å². The third-order valence-corrected chi connectivity index (χ3v) is 5.86. The molecule has 154 valence electrons. The molecule has 0 radical (unpaired) electrons. The van der Waals surface area contributed by atoms with E-state index in [2.05, 4.69) is 5.32 Å². The molecular formula is C22H25ClN2O3S. The number of carbonyl (C=O) groups excluding carboxylic acids is 2. The molecule has 0 bridgehead atoms. The fourth-order valence-electron chi connectivity index (χ4n) is 3.24. The second kappa shape index (κ2) is 8.28. The van der Waals surface area contributed by atoms with Crippen molar-refractivity contribution in [3.8, 4) is 0 Å². The normalized spacial score (nSPS) is 18.5. The molecule has 0 spiro atoms. The van der Waals surface area contributed by atoms with E-state index in [1.165, 1.54) is 11.8 Å². The number of carbonyl (C=O) groups is 2. The number of anilines is 1. The smallest absolute Gasteiger partial charge is 0.409 e. The number of nitrogens with zero attached hydrogens (tertiary/aromatic N) is 1. The number of ether oxygens (including phenoxy) is 1. The third-order valence-electron chi connectivity index (χ3n) is 4.31. The van der Waals surface area contributed by atoms with Crippen LogP contribution in [-0.2, 0) is 14.4 Å². The maximum atomic E-state index is 13.7. The van der Waals surface area contributed by atoms with E-state index in [0.717, 1.165) is 17.0 Å². The Bertz CT molecular complexity index is 914. The van der Waals surface area contributed by atoms with Crippen LogP contribution in [0.3, 0.4) is 0 Å². The van der Waals surface area contributed by atoms with Gasteiger partial charge in [-0.2, -0.15) is 0 Å². The number of hydrogen-bond donors (Lipinski definition) is 1. The lowest BCUT2D eigenvalue weighted by molar-refractivity contribution is -0.121. The van der Waals surface area contributed by atoms with Crippen LogP contribution in [0.25, 0.3) is 0 Å². The number of thioether (sulfide) groups is 1. The van der Waals surface area contributed by atoms with Crippen LogP contribution in [0.15, 0.2) is 53.4 Å². The second-order valence-corrected chi connectivity index (χ2v) is 9.57. The average molecular weight is 433 g/mol. The molecule has 1 aliphatic heterocycles. The third kappa shape index (κ3) is 4.54. The number of hydrogen-bond acceptors (Lipinski definition) is 4. The lowest BCUT2D eigenvalue weighted by Gasteiger charge is -2.31. The highest BCUT2D eigenvalue weighted by Gasteiger charge is 2.53. The zero-order valence-electron chi connectivity index (χ0n) is 17.0. The Labute approximate surface area is 180 Å². The van der Waals surface area contributed by atoms with E-state index < -0.39 is 16.6 Å². The van der Waals surface area contributed by atoms with Crippen LogP contribution in [0.2, 0.25) is 5.02 Å². The second-order valence-electron chi connectivity index (χ2n) is 7.84. The van der Waals surface area contributed by atoms with Crippen molar-refractivity contribution in [2.75, 3.05) is 11.4 Å². The van der Waals surface area contributed by atoms with Crippen molar-refractivity contribution in [2.24, 2.45) is 0 Å². The summed E-state index contributed by atoms with van der Waals surface area (Å²) < 4.78 is 5.48. The zero-order valence-corrected chi connectivity index (χ0v) is 18.6. The Morgan fingerprint density at radius 2 is 1.90 bits per heavy atom. The molecule has 0 aromatic heterocycles. The minimum Gasteiger partial charge on any atom is -0.444 e. The van der Waals surface area contributed by atoms with Gasteiger partial charge in [0.2, 0.25) is 4.87 Å². The van der Waals surface area contributed by atoms with Gasteiger partial charge in [-0.1, -0.05) is 48.5 Å². The van der Waals surface area contributed by atoms with Crippen molar-refractivity contribution in [3.05, 3.63) is 59.1 Å². The number of halogens is 1. The number of benzene rings is 2. The average Bonchev–Trinajstić information content (AvgIpc) is 2.84. The molecule has 0 saturated heterocycles. The highest BCUT2D eigenvalue weighted by Crippen LogP contribution is 2.50. The lowest BCUT2D eigenvalue weighted by Crippen LogP contribution is -2.52. The van der Waals surface area contributed by atoms with Crippen molar-refractivity contribution in [1.29, 1.82) is 0 Å². The van der Waals surface area contributed by atoms with Crippen molar-refractivity contribution in [3.63, 3.8) is 0 Å². The van der Waals surface area contributed by atoms with Crippen LogP contribution in [0.4, 0.5) is 10.5 Å². The van der Waals surface area contributed by atoms with Crippen LogP contribution in [0.5, 0.6) is 0 Å². The molecule has 1 aliphatic rings. The van der Waals surface area contributed by atoms with E-state index in [-0.39, 0.29) is 5.91 Å². The van der Waals surface area contributed by atoms with Gasteiger partial charge in [0.05, 0.1) is 5.69 Å². The number of amides is 2. The van der Waals surface area contributed by atoms with Crippen molar-refractivity contribution in [2.45, 2.75) is 49.5 Å². The number of alkyl carbamates (subject to hydrolysis) is 1. The molecule has 1 unspecified atom stereocenters. The first-order chi connectivity index (χ1) is 13.7. The van der Waals surface area contributed by atoms with Gasteiger partial charge in [-0.3, -0.25) is 10.1 Å². The molecule has 2 amide bonds. The predicted octanol–water partition coefficient (Wildman–Crippen LogP) is 5.57. The Balaban J connectivity index is 2.12. The summed E-state index contributed by atoms with van der Waals surface area (Å²) in [5.41, 5.74) is 0.717. The van der Waals surface area contributed by atoms with E-state index >= 15 is 0 Å². The van der Waals surface area contributed by atoms with Gasteiger partial charge in [-0.25, -0.2) is 4.79 Å². The monoisotopic (exact) mass is 432 g/mol. The van der Waals surface area contributed by atoms with Crippen LogP contribution >= 0.6 is 23.4 Å². The van der Waals surface area contributed by atoms with Crippen molar-refractivity contribution in [1.82, 2.24) is 5.32 Å². The summed E-state index contributed by atoms with van der Waals surface area (Å²) in [5.74, 6) is -0.212. The van der Waals surface area contributed by atoms with E-state index in [9.17, 15) is 9.59 Å². The lowest BCUT2D eigenvalue weighted by atomic mass is 10.1. The molecule has 7 heteroatoms. The first-order valence-electron chi connectivity index (χ1n) is 9.53. The molecule has 0 aliphatic carbocycles. The highest BCUT2D eigenvalue weighted by atomic mass is 35.5. The first-order valence-corrected chi connectivity index (χ1v) is 10.7. The molecule has 1 heterocycles. The van der Waals surface area contributed by atoms with Gasteiger partial charge in [0.25, 0.3) is 5.91 Å². The molecule has 3 rings (SSSR count). The fraction of sp³-hybridized carbons (Fsp3) is 0.364. The van der Waals surface area contributed by atoms with Crippen LogP contribution in [0, 0.1) is 0 Å². The van der Waals surface area contributed by atoms with Crippen LogP contribution in [0.1, 0.15) is 39.7 Å². The Morgan fingerprint density at radius 1 is 1.21 bits per heavy atom. The Kier molecular flexibility index (Phi) is 6.15. The van der Waals surface area contributed by atoms with Crippen molar-refractivity contribution < 1.29 is 14.3 Å². The van der Waals surface area contributed by atoms with Crippen LogP contribution in [-0.4, -0.2) is 24.1 Å². The molecule has 29 heavy (non-hydrogen) atoms. The summed E-state index contributed by atoms with van der Waals surface area (Å²) in [6.07, 6.45) is 0.130. The molecule has 0 saturated carbocycles. The minimum atomic E-state index is -1.36. The fourth-order valence-corrected chi connectivity index (χ4v) is 4.67. The van der Waals surface area contributed by atoms with Gasteiger partial charge in [-0.05, 0) is 57.5 Å². The highest BCUT2D eigenvalue weighted by molar-refractivity contribution is 8.01. The number of nitrogens with one attached hydrogen (secondary N) is 1. The van der Waals surface area contributed by atoms with Gasteiger partial charge in [0.15, 0.2) is 0 Å². The molecule has 5 nitrogen and oxygen atoms in total. The van der Waals surface area contributed by atoms with E-state index in [1.54, 1.807) is 37.8 Å². The quantitative estimate of drug-likeness (QED) is 0.628. The zero-order chi connectivity index (χ0) is 21.2. The van der Waals surface area contributed by atoms with Gasteiger partial charge in [0.1, 0.15) is 5.60 Å². The summed E-state index contributed by atoms with van der Waals surface area (Å²) in [6.45, 7) is 7.91. The maximum Gasteiger partial charge on any atom is 0.409 e. The molecule has 2 aromatic carbocycles. The minimum absolute atomic E-state index is 0.212. The Hall–Kier alpha value is -2.18. The van der Waals surface area contributed by atoms with Crippen LogP contribution < -0.4 is 10.2 Å². The molecule has 1 N–H and O–H groups in total. The van der Waals surface area contributed by atoms with Gasteiger partial charge in [0, 0.05) is 22.0 Å². The molecular weight excluding hydrogens is 408 g/mol. The van der Waals surface area contributed by atoms with E-state index in [4.69, 9.17) is 16.3 Å².